The standard InChI is InChI=1S/C11H10ClNO/c1-8-7-9(12)4-5-10(8)11(14)3-2-6-13/h4-5,7H,2-3H2,1H3. The number of nitriles is 1. The van der Waals surface area contributed by atoms with Gasteiger partial charge in [-0.3, -0.25) is 4.79 Å². The summed E-state index contributed by atoms with van der Waals surface area (Å²) >= 11 is 5.76. The molecule has 0 N–H and O–H groups in total. The van der Waals surface area contributed by atoms with Gasteiger partial charge in [-0.2, -0.15) is 5.26 Å². The van der Waals surface area contributed by atoms with E-state index in [2.05, 4.69) is 0 Å². The summed E-state index contributed by atoms with van der Waals surface area (Å²) < 4.78 is 0. The van der Waals surface area contributed by atoms with E-state index in [1.165, 1.54) is 0 Å². The summed E-state index contributed by atoms with van der Waals surface area (Å²) in [6, 6.07) is 7.10. The number of benzene rings is 1. The normalized spacial score (nSPS) is 9.50. The van der Waals surface area contributed by atoms with Crippen LogP contribution in [0.1, 0.15) is 28.8 Å². The van der Waals surface area contributed by atoms with Crippen molar-refractivity contribution in [2.75, 3.05) is 0 Å². The zero-order valence-electron chi connectivity index (χ0n) is 7.88. The van der Waals surface area contributed by atoms with Gasteiger partial charge in [-0.1, -0.05) is 11.6 Å². The number of hydrogen-bond donors (Lipinski definition) is 0. The molecule has 0 fully saturated rings. The Bertz CT molecular complexity index is 393. The molecule has 0 bridgehead atoms. The summed E-state index contributed by atoms with van der Waals surface area (Å²) in [5.74, 6) is 0.000664. The number of aryl methyl sites for hydroxylation is 1. The number of halogens is 1. The lowest BCUT2D eigenvalue weighted by molar-refractivity contribution is 0.0983. The number of ketones is 1. The van der Waals surface area contributed by atoms with Crippen LogP contribution in [0.3, 0.4) is 0 Å². The molecule has 14 heavy (non-hydrogen) atoms. The van der Waals surface area contributed by atoms with Crippen LogP contribution in [-0.2, 0) is 0 Å². The molecule has 1 aromatic rings. The first-order chi connectivity index (χ1) is 6.65. The molecule has 0 saturated heterocycles. The average molecular weight is 208 g/mol. The topological polar surface area (TPSA) is 40.9 Å². The summed E-state index contributed by atoms with van der Waals surface area (Å²) in [6.45, 7) is 1.84. The number of rotatable bonds is 3. The van der Waals surface area contributed by atoms with Crippen LogP contribution in [0.4, 0.5) is 0 Å². The van der Waals surface area contributed by atoms with Crippen LogP contribution < -0.4 is 0 Å². The first-order valence-corrected chi connectivity index (χ1v) is 4.69. The van der Waals surface area contributed by atoms with E-state index in [0.717, 1.165) is 5.56 Å². The number of hydrogen-bond acceptors (Lipinski definition) is 2. The van der Waals surface area contributed by atoms with Crippen LogP contribution in [0.2, 0.25) is 5.02 Å². The van der Waals surface area contributed by atoms with Gasteiger partial charge in [0.15, 0.2) is 5.78 Å². The SMILES string of the molecule is Cc1cc(Cl)ccc1C(=O)CCC#N. The number of nitrogens with zero attached hydrogens (tertiary/aromatic N) is 1. The summed E-state index contributed by atoms with van der Waals surface area (Å²) in [7, 11) is 0. The van der Waals surface area contributed by atoms with E-state index in [0.29, 0.717) is 10.6 Å². The first kappa shape index (κ1) is 10.7. The molecule has 0 spiro atoms. The molecule has 0 heterocycles. The molecular formula is C11H10ClNO. The molecule has 0 radical (unpaired) electrons. The van der Waals surface area contributed by atoms with Crippen molar-refractivity contribution in [2.45, 2.75) is 19.8 Å². The maximum Gasteiger partial charge on any atom is 0.164 e. The van der Waals surface area contributed by atoms with E-state index in [9.17, 15) is 4.79 Å². The Kier molecular flexibility index (Phi) is 3.67. The Morgan fingerprint density at radius 2 is 2.29 bits per heavy atom. The van der Waals surface area contributed by atoms with E-state index in [1.54, 1.807) is 18.2 Å². The van der Waals surface area contributed by atoms with Crippen molar-refractivity contribution < 1.29 is 4.79 Å². The highest BCUT2D eigenvalue weighted by Crippen LogP contribution is 2.16. The van der Waals surface area contributed by atoms with Gasteiger partial charge in [-0.05, 0) is 30.7 Å². The molecule has 1 rings (SSSR count). The second-order valence-electron chi connectivity index (χ2n) is 3.04. The third kappa shape index (κ3) is 2.58. The molecule has 2 nitrogen and oxygen atoms in total. The summed E-state index contributed by atoms with van der Waals surface area (Å²) in [6.07, 6.45) is 0.542. The number of carbonyl (C=O) groups excluding carboxylic acids is 1. The highest BCUT2D eigenvalue weighted by atomic mass is 35.5. The molecule has 0 aliphatic heterocycles. The molecule has 3 heteroatoms. The van der Waals surface area contributed by atoms with Crippen LogP contribution in [0.25, 0.3) is 0 Å². The maximum absolute atomic E-state index is 11.5. The Labute approximate surface area is 88.1 Å². The summed E-state index contributed by atoms with van der Waals surface area (Å²) in [5.41, 5.74) is 1.52. The fourth-order valence-corrected chi connectivity index (χ4v) is 1.47. The zero-order valence-corrected chi connectivity index (χ0v) is 8.64. The lowest BCUT2D eigenvalue weighted by Crippen LogP contribution is -2.00. The first-order valence-electron chi connectivity index (χ1n) is 4.31. The molecular weight excluding hydrogens is 198 g/mol. The monoisotopic (exact) mass is 207 g/mol. The van der Waals surface area contributed by atoms with E-state index >= 15 is 0 Å². The summed E-state index contributed by atoms with van der Waals surface area (Å²) in [5, 5.41) is 8.98. The van der Waals surface area contributed by atoms with E-state index in [-0.39, 0.29) is 18.6 Å². The van der Waals surface area contributed by atoms with Gasteiger partial charge in [0.25, 0.3) is 0 Å². The Balaban J connectivity index is 2.86. The molecule has 0 aliphatic rings. The molecule has 0 atom stereocenters. The Morgan fingerprint density at radius 3 is 2.86 bits per heavy atom. The van der Waals surface area contributed by atoms with Gasteiger partial charge in [0.05, 0.1) is 6.07 Å². The van der Waals surface area contributed by atoms with Crippen molar-refractivity contribution in [3.05, 3.63) is 34.3 Å². The Morgan fingerprint density at radius 1 is 1.57 bits per heavy atom. The smallest absolute Gasteiger partial charge is 0.164 e. The second kappa shape index (κ2) is 4.78. The third-order valence-corrected chi connectivity index (χ3v) is 2.19. The van der Waals surface area contributed by atoms with Crippen molar-refractivity contribution in [1.82, 2.24) is 0 Å². The molecule has 0 aromatic heterocycles. The zero-order chi connectivity index (χ0) is 10.6. The predicted octanol–water partition coefficient (Wildman–Crippen LogP) is 3.13. The van der Waals surface area contributed by atoms with Crippen LogP contribution in [0.15, 0.2) is 18.2 Å². The van der Waals surface area contributed by atoms with Gasteiger partial charge < -0.3 is 0 Å². The summed E-state index contributed by atoms with van der Waals surface area (Å²) in [4.78, 5) is 11.5. The van der Waals surface area contributed by atoms with Crippen LogP contribution in [0, 0.1) is 18.3 Å². The van der Waals surface area contributed by atoms with Crippen LogP contribution >= 0.6 is 11.6 Å². The highest BCUT2D eigenvalue weighted by Gasteiger charge is 2.08. The minimum atomic E-state index is 0.000664. The van der Waals surface area contributed by atoms with E-state index in [4.69, 9.17) is 16.9 Å². The number of Topliss-reactive ketones (excluding diaryl/α,β-unsaturated/α-hetero) is 1. The molecule has 0 saturated carbocycles. The van der Waals surface area contributed by atoms with E-state index < -0.39 is 0 Å². The average Bonchev–Trinajstić information content (AvgIpc) is 2.14. The fraction of sp³-hybridized carbons (Fsp3) is 0.273. The Hall–Kier alpha value is -1.33. The number of carbonyl (C=O) groups is 1. The van der Waals surface area contributed by atoms with Crippen molar-refractivity contribution in [1.29, 1.82) is 5.26 Å². The van der Waals surface area contributed by atoms with Gasteiger partial charge in [-0.25, -0.2) is 0 Å². The van der Waals surface area contributed by atoms with Crippen molar-refractivity contribution in [3.63, 3.8) is 0 Å². The largest absolute Gasteiger partial charge is 0.294 e. The minimum Gasteiger partial charge on any atom is -0.294 e. The molecule has 0 amide bonds. The third-order valence-electron chi connectivity index (χ3n) is 1.95. The molecule has 0 aliphatic carbocycles. The quantitative estimate of drug-likeness (QED) is 0.715. The van der Waals surface area contributed by atoms with Gasteiger partial charge in [0.1, 0.15) is 0 Å². The van der Waals surface area contributed by atoms with E-state index in [1.807, 2.05) is 13.0 Å². The second-order valence-corrected chi connectivity index (χ2v) is 3.48. The minimum absolute atomic E-state index is 0.000664. The molecule has 0 unspecified atom stereocenters. The van der Waals surface area contributed by atoms with Crippen molar-refractivity contribution >= 4 is 17.4 Å². The predicted molar refractivity (Wildman–Crippen MR) is 55.4 cm³/mol. The lowest BCUT2D eigenvalue weighted by atomic mass is 10.0. The fourth-order valence-electron chi connectivity index (χ4n) is 1.24. The van der Waals surface area contributed by atoms with Crippen molar-refractivity contribution in [3.8, 4) is 6.07 Å². The van der Waals surface area contributed by atoms with Crippen molar-refractivity contribution in [2.24, 2.45) is 0 Å². The molecule has 72 valence electrons. The highest BCUT2D eigenvalue weighted by molar-refractivity contribution is 6.30. The van der Waals surface area contributed by atoms with Gasteiger partial charge in [0.2, 0.25) is 0 Å². The van der Waals surface area contributed by atoms with Gasteiger partial charge in [-0.15, -0.1) is 0 Å². The van der Waals surface area contributed by atoms with Gasteiger partial charge in [0, 0.05) is 23.4 Å². The van der Waals surface area contributed by atoms with Crippen LogP contribution in [-0.4, -0.2) is 5.78 Å². The molecule has 1 aromatic carbocycles. The van der Waals surface area contributed by atoms with Crippen LogP contribution in [0.5, 0.6) is 0 Å². The maximum atomic E-state index is 11.5. The van der Waals surface area contributed by atoms with Gasteiger partial charge >= 0.3 is 0 Å². The lowest BCUT2D eigenvalue weighted by Gasteiger charge is -2.03.